The molecule has 1 heterocycles. The van der Waals surface area contributed by atoms with E-state index in [-0.39, 0.29) is 5.75 Å². The minimum Gasteiger partial charge on any atom is -0.316 e. The molecule has 1 aliphatic heterocycles. The zero-order chi connectivity index (χ0) is 13.0. The van der Waals surface area contributed by atoms with Crippen LogP contribution in [-0.4, -0.2) is 34.3 Å². The number of hydrogen-bond donors (Lipinski definition) is 1. The summed E-state index contributed by atoms with van der Waals surface area (Å²) in [6, 6.07) is 7.62. The van der Waals surface area contributed by atoms with Gasteiger partial charge in [0.15, 0.2) is 0 Å². The van der Waals surface area contributed by atoms with Gasteiger partial charge in [-0.3, -0.25) is 4.31 Å². The van der Waals surface area contributed by atoms with E-state index in [4.69, 9.17) is 0 Å². The maximum absolute atomic E-state index is 11.8. The summed E-state index contributed by atoms with van der Waals surface area (Å²) >= 11 is 0. The zero-order valence-corrected chi connectivity index (χ0v) is 11.3. The van der Waals surface area contributed by atoms with Crippen molar-refractivity contribution in [1.29, 1.82) is 0 Å². The minimum absolute atomic E-state index is 0.257. The van der Waals surface area contributed by atoms with E-state index in [1.165, 1.54) is 4.31 Å². The van der Waals surface area contributed by atoms with Crippen LogP contribution in [-0.2, 0) is 10.0 Å². The molecule has 0 saturated carbocycles. The molecular weight excluding hydrogens is 248 g/mol. The van der Waals surface area contributed by atoms with Gasteiger partial charge in [0.25, 0.3) is 0 Å². The van der Waals surface area contributed by atoms with Crippen molar-refractivity contribution < 1.29 is 8.42 Å². The van der Waals surface area contributed by atoms with Gasteiger partial charge in [-0.15, -0.1) is 0 Å². The quantitative estimate of drug-likeness (QED) is 0.897. The molecule has 1 N–H and O–H groups in total. The number of anilines is 1. The molecule has 0 aromatic heterocycles. The molecule has 1 aromatic carbocycles. The average molecular weight is 266 g/mol. The third-order valence-corrected chi connectivity index (χ3v) is 4.76. The maximum Gasteiger partial charge on any atom is 0.235 e. The molecule has 1 fully saturated rings. The second-order valence-corrected chi connectivity index (χ2v) is 6.31. The molecule has 1 aliphatic rings. The summed E-state index contributed by atoms with van der Waals surface area (Å²) in [5, 5.41) is 3.03. The topological polar surface area (TPSA) is 49.4 Å². The first-order valence-electron chi connectivity index (χ1n) is 6.05. The lowest BCUT2D eigenvalue weighted by Crippen LogP contribution is -2.24. The molecule has 2 rings (SSSR count). The fraction of sp³-hybridized carbons (Fsp3) is 0.385. The van der Waals surface area contributed by atoms with Crippen molar-refractivity contribution in [3.63, 3.8) is 0 Å². The van der Waals surface area contributed by atoms with Crippen LogP contribution in [0, 0.1) is 0 Å². The molecule has 1 saturated heterocycles. The highest BCUT2D eigenvalue weighted by molar-refractivity contribution is 7.93. The predicted octanol–water partition coefficient (Wildman–Crippen LogP) is 1.46. The van der Waals surface area contributed by atoms with Gasteiger partial charge in [0.1, 0.15) is 0 Å². The first kappa shape index (κ1) is 13.1. The molecule has 1 aromatic rings. The average Bonchev–Trinajstić information content (AvgIpc) is 2.70. The van der Waals surface area contributed by atoms with Crippen LogP contribution >= 0.6 is 0 Å². The van der Waals surface area contributed by atoms with E-state index >= 15 is 0 Å². The molecule has 0 atom stereocenters. The molecule has 0 bridgehead atoms. The second-order valence-electron chi connectivity index (χ2n) is 4.30. The Balaban J connectivity index is 2.22. The van der Waals surface area contributed by atoms with E-state index in [1.807, 2.05) is 43.5 Å². The van der Waals surface area contributed by atoms with Crippen molar-refractivity contribution in [2.75, 3.05) is 30.2 Å². The van der Waals surface area contributed by atoms with Crippen molar-refractivity contribution in [2.45, 2.75) is 6.42 Å². The summed E-state index contributed by atoms with van der Waals surface area (Å²) in [5.41, 5.74) is 1.78. The van der Waals surface area contributed by atoms with Crippen LogP contribution < -0.4 is 9.62 Å². The van der Waals surface area contributed by atoms with Gasteiger partial charge < -0.3 is 5.32 Å². The summed E-state index contributed by atoms with van der Waals surface area (Å²) in [7, 11) is -1.20. The van der Waals surface area contributed by atoms with Gasteiger partial charge in [-0.25, -0.2) is 8.42 Å². The van der Waals surface area contributed by atoms with E-state index < -0.39 is 10.0 Å². The summed E-state index contributed by atoms with van der Waals surface area (Å²) < 4.78 is 25.2. The lowest BCUT2D eigenvalue weighted by Gasteiger charge is -2.17. The zero-order valence-electron chi connectivity index (χ0n) is 10.5. The summed E-state index contributed by atoms with van der Waals surface area (Å²) in [6.45, 7) is 1.39. The van der Waals surface area contributed by atoms with Crippen molar-refractivity contribution in [1.82, 2.24) is 5.32 Å². The van der Waals surface area contributed by atoms with Gasteiger partial charge in [-0.05, 0) is 31.2 Å². The van der Waals surface area contributed by atoms with Crippen LogP contribution in [0.3, 0.4) is 0 Å². The Labute approximate surface area is 108 Å². The number of rotatable bonds is 4. The highest BCUT2D eigenvalue weighted by Crippen LogP contribution is 2.24. The fourth-order valence-electron chi connectivity index (χ4n) is 2.03. The molecule has 0 radical (unpaired) electrons. The molecule has 98 valence electrons. The van der Waals surface area contributed by atoms with Crippen LogP contribution in [0.4, 0.5) is 5.69 Å². The Morgan fingerprint density at radius 2 is 2.28 bits per heavy atom. The van der Waals surface area contributed by atoms with E-state index in [2.05, 4.69) is 5.32 Å². The minimum atomic E-state index is -3.09. The normalized spacial score (nSPS) is 18.6. The molecule has 5 heteroatoms. The predicted molar refractivity (Wildman–Crippen MR) is 75.2 cm³/mol. The first-order valence-corrected chi connectivity index (χ1v) is 7.66. The molecule has 18 heavy (non-hydrogen) atoms. The number of benzene rings is 1. The third-order valence-electron chi connectivity index (χ3n) is 2.89. The smallest absolute Gasteiger partial charge is 0.235 e. The van der Waals surface area contributed by atoms with E-state index in [0.29, 0.717) is 13.0 Å². The van der Waals surface area contributed by atoms with E-state index in [9.17, 15) is 8.42 Å². The Morgan fingerprint density at radius 3 is 2.94 bits per heavy atom. The molecule has 0 amide bonds. The first-order chi connectivity index (χ1) is 8.63. The second kappa shape index (κ2) is 5.54. The van der Waals surface area contributed by atoms with Gasteiger partial charge in [0.2, 0.25) is 10.0 Å². The van der Waals surface area contributed by atoms with Crippen LogP contribution in [0.2, 0.25) is 0 Å². The van der Waals surface area contributed by atoms with Crippen molar-refractivity contribution in [3.05, 3.63) is 35.9 Å². The summed E-state index contributed by atoms with van der Waals surface area (Å²) in [4.78, 5) is 0. The Bertz CT molecular complexity index is 538. The van der Waals surface area contributed by atoms with Crippen LogP contribution in [0.5, 0.6) is 0 Å². The van der Waals surface area contributed by atoms with E-state index in [0.717, 1.165) is 17.8 Å². The Morgan fingerprint density at radius 1 is 1.44 bits per heavy atom. The number of hydrogen-bond acceptors (Lipinski definition) is 3. The number of likely N-dealkylation sites (N-methyl/N-ethyl adjacent to an activating group) is 1. The highest BCUT2D eigenvalue weighted by atomic mass is 32.2. The largest absolute Gasteiger partial charge is 0.316 e. The molecule has 0 spiro atoms. The molecule has 0 aliphatic carbocycles. The van der Waals surface area contributed by atoms with Gasteiger partial charge >= 0.3 is 0 Å². The van der Waals surface area contributed by atoms with E-state index in [1.54, 1.807) is 0 Å². The van der Waals surface area contributed by atoms with Crippen LogP contribution in [0.1, 0.15) is 12.0 Å². The lowest BCUT2D eigenvalue weighted by atomic mass is 10.2. The standard InChI is InChI=1S/C13H18N2O2S/c1-14-8-3-6-12-5-2-7-13(11-12)15-9-4-10-18(15,16)17/h2-3,5-7,11,14H,4,8-10H2,1H3. The van der Waals surface area contributed by atoms with Crippen molar-refractivity contribution >= 4 is 21.8 Å². The fourth-order valence-corrected chi connectivity index (χ4v) is 3.58. The van der Waals surface area contributed by atoms with Crippen LogP contribution in [0.15, 0.2) is 30.3 Å². The van der Waals surface area contributed by atoms with Crippen molar-refractivity contribution in [2.24, 2.45) is 0 Å². The SMILES string of the molecule is CNCC=Cc1cccc(N2CCCS2(=O)=O)c1. The third kappa shape index (κ3) is 2.91. The maximum atomic E-state index is 11.8. The Hall–Kier alpha value is -1.33. The van der Waals surface area contributed by atoms with Crippen LogP contribution in [0.25, 0.3) is 6.08 Å². The summed E-state index contributed by atoms with van der Waals surface area (Å²) in [6.07, 6.45) is 4.71. The molecule has 0 unspecified atom stereocenters. The summed E-state index contributed by atoms with van der Waals surface area (Å²) in [5.74, 6) is 0.257. The van der Waals surface area contributed by atoms with Crippen molar-refractivity contribution in [3.8, 4) is 0 Å². The highest BCUT2D eigenvalue weighted by Gasteiger charge is 2.28. The number of sulfonamides is 1. The number of nitrogens with one attached hydrogen (secondary N) is 1. The molecular formula is C13H18N2O2S. The number of nitrogens with zero attached hydrogens (tertiary/aromatic N) is 1. The van der Waals surface area contributed by atoms with Gasteiger partial charge in [0, 0.05) is 13.1 Å². The molecule has 4 nitrogen and oxygen atoms in total. The van der Waals surface area contributed by atoms with Gasteiger partial charge in [0.05, 0.1) is 11.4 Å². The van der Waals surface area contributed by atoms with Gasteiger partial charge in [-0.1, -0.05) is 24.3 Å². The Kier molecular flexibility index (Phi) is 4.04. The lowest BCUT2D eigenvalue weighted by molar-refractivity contribution is 0.599. The monoisotopic (exact) mass is 266 g/mol. The van der Waals surface area contributed by atoms with Gasteiger partial charge in [-0.2, -0.15) is 0 Å².